The standard InChI is InChI=1S/C15H14N4O3/c1-22-14(20)8-16-15(21)9-3-2-4-11-10(9)7-13(18-11)12-5-6-17-19-12/h2-7,18H,8H2,1H3,(H,16,21)(H,17,19). The molecule has 0 aliphatic rings. The lowest BCUT2D eigenvalue weighted by Gasteiger charge is -2.04. The van der Waals surface area contributed by atoms with E-state index in [0.29, 0.717) is 5.56 Å². The van der Waals surface area contributed by atoms with Gasteiger partial charge in [0.05, 0.1) is 12.8 Å². The lowest BCUT2D eigenvalue weighted by Crippen LogP contribution is -2.30. The third kappa shape index (κ3) is 2.56. The first-order valence-corrected chi connectivity index (χ1v) is 6.66. The number of hydrogen-bond acceptors (Lipinski definition) is 4. The maximum atomic E-state index is 12.2. The number of nitrogens with one attached hydrogen (secondary N) is 3. The minimum Gasteiger partial charge on any atom is -0.468 e. The highest BCUT2D eigenvalue weighted by Crippen LogP contribution is 2.25. The third-order valence-corrected chi connectivity index (χ3v) is 3.31. The van der Waals surface area contributed by atoms with Gasteiger partial charge in [-0.15, -0.1) is 0 Å². The first kappa shape index (κ1) is 13.9. The fourth-order valence-corrected chi connectivity index (χ4v) is 2.22. The average molecular weight is 298 g/mol. The Morgan fingerprint density at radius 2 is 2.18 bits per heavy atom. The molecule has 2 heterocycles. The van der Waals surface area contributed by atoms with Crippen LogP contribution in [-0.2, 0) is 9.53 Å². The number of amides is 1. The molecule has 3 rings (SSSR count). The average Bonchev–Trinajstić information content (AvgIpc) is 3.19. The zero-order valence-electron chi connectivity index (χ0n) is 11.8. The van der Waals surface area contributed by atoms with E-state index in [-0.39, 0.29) is 12.5 Å². The predicted molar refractivity (Wildman–Crippen MR) is 80.2 cm³/mol. The van der Waals surface area contributed by atoms with Crippen molar-refractivity contribution in [2.75, 3.05) is 13.7 Å². The van der Waals surface area contributed by atoms with Crippen molar-refractivity contribution in [3.63, 3.8) is 0 Å². The minimum atomic E-state index is -0.494. The summed E-state index contributed by atoms with van der Waals surface area (Å²) < 4.78 is 4.51. The monoisotopic (exact) mass is 298 g/mol. The van der Waals surface area contributed by atoms with Gasteiger partial charge in [0.15, 0.2) is 0 Å². The molecule has 0 unspecified atom stereocenters. The van der Waals surface area contributed by atoms with E-state index in [2.05, 4.69) is 25.2 Å². The van der Waals surface area contributed by atoms with Gasteiger partial charge in [-0.25, -0.2) is 0 Å². The number of carbonyl (C=O) groups excluding carboxylic acids is 2. The molecule has 1 amide bonds. The number of aromatic nitrogens is 3. The van der Waals surface area contributed by atoms with Gasteiger partial charge < -0.3 is 15.0 Å². The van der Waals surface area contributed by atoms with Crippen molar-refractivity contribution >= 4 is 22.8 Å². The van der Waals surface area contributed by atoms with Crippen LogP contribution in [0.15, 0.2) is 36.5 Å². The molecule has 3 N–H and O–H groups in total. The molecule has 3 aromatic rings. The molecule has 0 saturated heterocycles. The van der Waals surface area contributed by atoms with Crippen LogP contribution >= 0.6 is 0 Å². The number of hydrogen-bond donors (Lipinski definition) is 3. The number of H-pyrrole nitrogens is 2. The maximum Gasteiger partial charge on any atom is 0.325 e. The second-order valence-electron chi connectivity index (χ2n) is 4.67. The number of rotatable bonds is 4. The molecule has 0 bridgehead atoms. The number of carbonyl (C=O) groups is 2. The lowest BCUT2D eigenvalue weighted by molar-refractivity contribution is -0.139. The molecule has 2 aromatic heterocycles. The molecule has 0 atom stereocenters. The summed E-state index contributed by atoms with van der Waals surface area (Å²) in [6.07, 6.45) is 1.73. The zero-order chi connectivity index (χ0) is 15.5. The molecule has 112 valence electrons. The van der Waals surface area contributed by atoms with Gasteiger partial charge in [0.25, 0.3) is 5.91 Å². The van der Waals surface area contributed by atoms with E-state index >= 15 is 0 Å². The minimum absolute atomic E-state index is 0.164. The highest BCUT2D eigenvalue weighted by atomic mass is 16.5. The summed E-state index contributed by atoms with van der Waals surface area (Å²) >= 11 is 0. The molecule has 0 aliphatic carbocycles. The molecule has 0 fully saturated rings. The summed E-state index contributed by atoms with van der Waals surface area (Å²) in [5, 5.41) is 10.2. The number of methoxy groups -OCH3 is 1. The Morgan fingerprint density at radius 1 is 1.32 bits per heavy atom. The summed E-state index contributed by atoms with van der Waals surface area (Å²) in [6.45, 7) is -0.164. The normalized spacial score (nSPS) is 10.6. The molecule has 0 aliphatic heterocycles. The van der Waals surface area contributed by atoms with Crippen molar-refractivity contribution in [2.24, 2.45) is 0 Å². The van der Waals surface area contributed by atoms with Crippen molar-refractivity contribution in [2.45, 2.75) is 0 Å². The van der Waals surface area contributed by atoms with Crippen molar-refractivity contribution in [1.82, 2.24) is 20.5 Å². The quantitative estimate of drug-likeness (QED) is 0.635. The van der Waals surface area contributed by atoms with Gasteiger partial charge in [-0.3, -0.25) is 14.7 Å². The SMILES string of the molecule is COC(=O)CNC(=O)c1cccc2[nH]c(-c3cc[nH]n3)cc12. The first-order valence-electron chi connectivity index (χ1n) is 6.66. The van der Waals surface area contributed by atoms with Crippen molar-refractivity contribution in [1.29, 1.82) is 0 Å². The van der Waals surface area contributed by atoms with E-state index in [4.69, 9.17) is 0 Å². The Labute approximate surface area is 125 Å². The summed E-state index contributed by atoms with van der Waals surface area (Å²) in [5.41, 5.74) is 2.88. The Hall–Kier alpha value is -3.09. The Bertz CT molecular complexity index is 821. The van der Waals surface area contributed by atoms with Crippen LogP contribution in [0, 0.1) is 0 Å². The van der Waals surface area contributed by atoms with E-state index in [1.807, 2.05) is 18.2 Å². The highest BCUT2D eigenvalue weighted by molar-refractivity contribution is 6.08. The van der Waals surface area contributed by atoms with Crippen LogP contribution in [0.5, 0.6) is 0 Å². The van der Waals surface area contributed by atoms with Gasteiger partial charge in [-0.1, -0.05) is 6.07 Å². The Kier molecular flexibility index (Phi) is 3.61. The second kappa shape index (κ2) is 5.72. The van der Waals surface area contributed by atoms with Crippen LogP contribution in [0.1, 0.15) is 10.4 Å². The second-order valence-corrected chi connectivity index (χ2v) is 4.67. The molecule has 7 heteroatoms. The number of benzene rings is 1. The van der Waals surface area contributed by atoms with Crippen molar-refractivity contribution in [3.8, 4) is 11.4 Å². The lowest BCUT2D eigenvalue weighted by atomic mass is 10.1. The van der Waals surface area contributed by atoms with Gasteiger partial charge in [0.2, 0.25) is 0 Å². The van der Waals surface area contributed by atoms with Crippen LogP contribution in [-0.4, -0.2) is 40.7 Å². The molecule has 0 radical (unpaired) electrons. The van der Waals surface area contributed by atoms with Crippen LogP contribution in [0.3, 0.4) is 0 Å². The van der Waals surface area contributed by atoms with Crippen LogP contribution < -0.4 is 5.32 Å². The van der Waals surface area contributed by atoms with Crippen molar-refractivity contribution in [3.05, 3.63) is 42.1 Å². The van der Waals surface area contributed by atoms with E-state index in [9.17, 15) is 9.59 Å². The van der Waals surface area contributed by atoms with Gasteiger partial charge in [0.1, 0.15) is 12.2 Å². The predicted octanol–water partition coefficient (Wildman–Crippen LogP) is 1.46. The van der Waals surface area contributed by atoms with E-state index in [0.717, 1.165) is 22.3 Å². The van der Waals surface area contributed by atoms with Crippen LogP contribution in [0.4, 0.5) is 0 Å². The number of esters is 1. The number of nitrogens with zero attached hydrogens (tertiary/aromatic N) is 1. The summed E-state index contributed by atoms with van der Waals surface area (Å²) in [4.78, 5) is 26.6. The largest absolute Gasteiger partial charge is 0.468 e. The van der Waals surface area contributed by atoms with Crippen molar-refractivity contribution < 1.29 is 14.3 Å². The van der Waals surface area contributed by atoms with E-state index in [1.165, 1.54) is 7.11 Å². The Morgan fingerprint density at radius 3 is 2.91 bits per heavy atom. The van der Waals surface area contributed by atoms with E-state index < -0.39 is 5.97 Å². The smallest absolute Gasteiger partial charge is 0.325 e. The zero-order valence-corrected chi connectivity index (χ0v) is 11.8. The molecule has 22 heavy (non-hydrogen) atoms. The fourth-order valence-electron chi connectivity index (χ4n) is 2.22. The topological polar surface area (TPSA) is 99.9 Å². The maximum absolute atomic E-state index is 12.2. The van der Waals surface area contributed by atoms with Gasteiger partial charge in [-0.05, 0) is 24.3 Å². The molecule has 1 aromatic carbocycles. The molecular formula is C15H14N4O3. The van der Waals surface area contributed by atoms with E-state index in [1.54, 1.807) is 18.3 Å². The van der Waals surface area contributed by atoms with Crippen LogP contribution in [0.2, 0.25) is 0 Å². The Balaban J connectivity index is 1.93. The van der Waals surface area contributed by atoms with Crippen LogP contribution in [0.25, 0.3) is 22.3 Å². The third-order valence-electron chi connectivity index (χ3n) is 3.31. The van der Waals surface area contributed by atoms with Gasteiger partial charge in [-0.2, -0.15) is 5.10 Å². The fraction of sp³-hybridized carbons (Fsp3) is 0.133. The van der Waals surface area contributed by atoms with Gasteiger partial charge in [0, 0.05) is 22.7 Å². The molecule has 0 spiro atoms. The highest BCUT2D eigenvalue weighted by Gasteiger charge is 2.14. The summed E-state index contributed by atoms with van der Waals surface area (Å²) in [6, 6.07) is 9.06. The molecular weight excluding hydrogens is 284 g/mol. The summed E-state index contributed by atoms with van der Waals surface area (Å²) in [5.74, 6) is -0.824. The van der Waals surface area contributed by atoms with Gasteiger partial charge >= 0.3 is 5.97 Å². The number of fused-ring (bicyclic) bond motifs is 1. The molecule has 0 saturated carbocycles. The first-order chi connectivity index (χ1) is 10.7. The summed E-state index contributed by atoms with van der Waals surface area (Å²) in [7, 11) is 1.28. The number of ether oxygens (including phenoxy) is 1. The molecule has 7 nitrogen and oxygen atoms in total. The number of aromatic amines is 2.